The van der Waals surface area contributed by atoms with E-state index in [-0.39, 0.29) is 24.2 Å². The van der Waals surface area contributed by atoms with Gasteiger partial charge in [-0.25, -0.2) is 9.37 Å². The molecular formula is C25H26FN3O4S. The van der Waals surface area contributed by atoms with Crippen molar-refractivity contribution in [2.45, 2.75) is 19.0 Å². The van der Waals surface area contributed by atoms with E-state index in [4.69, 9.17) is 9.47 Å². The Hall–Kier alpha value is -3.59. The van der Waals surface area contributed by atoms with Crippen LogP contribution in [0.2, 0.25) is 0 Å². The number of amides is 2. The summed E-state index contributed by atoms with van der Waals surface area (Å²) >= 11 is 1.59. The molecule has 7 nitrogen and oxygen atoms in total. The number of halogens is 1. The molecule has 0 spiro atoms. The van der Waals surface area contributed by atoms with E-state index < -0.39 is 6.04 Å². The van der Waals surface area contributed by atoms with E-state index in [0.29, 0.717) is 35.1 Å². The van der Waals surface area contributed by atoms with Crippen LogP contribution in [-0.4, -0.2) is 42.0 Å². The summed E-state index contributed by atoms with van der Waals surface area (Å²) in [5, 5.41) is 5.66. The summed E-state index contributed by atoms with van der Waals surface area (Å²) in [6, 6.07) is 15.2. The zero-order chi connectivity index (χ0) is 24.3. The fourth-order valence-electron chi connectivity index (χ4n) is 3.08. The van der Waals surface area contributed by atoms with Crippen molar-refractivity contribution in [3.8, 4) is 17.4 Å². The number of carbonyl (C=O) groups is 2. The van der Waals surface area contributed by atoms with Gasteiger partial charge in [0.05, 0.1) is 12.7 Å². The van der Waals surface area contributed by atoms with Gasteiger partial charge < -0.3 is 20.1 Å². The molecule has 0 bridgehead atoms. The highest BCUT2D eigenvalue weighted by Gasteiger charge is 2.22. The van der Waals surface area contributed by atoms with Crippen LogP contribution in [0.4, 0.5) is 4.39 Å². The molecule has 178 valence electrons. The molecule has 34 heavy (non-hydrogen) atoms. The third-order valence-electron chi connectivity index (χ3n) is 4.88. The molecule has 0 aliphatic heterocycles. The lowest BCUT2D eigenvalue weighted by molar-refractivity contribution is -0.123. The molecule has 9 heteroatoms. The van der Waals surface area contributed by atoms with Crippen molar-refractivity contribution in [1.82, 2.24) is 15.6 Å². The van der Waals surface area contributed by atoms with Crippen LogP contribution >= 0.6 is 11.8 Å². The van der Waals surface area contributed by atoms with Crippen molar-refractivity contribution in [1.29, 1.82) is 0 Å². The molecule has 1 heterocycles. The first kappa shape index (κ1) is 25.0. The average molecular weight is 484 g/mol. The molecule has 0 aliphatic rings. The SMILES string of the molecule is COc1ccccc1C(=O)NC(CCSC)C(=O)NCc1ccc(Oc2ccc(F)cc2)nc1. The largest absolute Gasteiger partial charge is 0.496 e. The molecule has 0 fully saturated rings. The van der Waals surface area contributed by atoms with Gasteiger partial charge >= 0.3 is 0 Å². The van der Waals surface area contributed by atoms with Crippen molar-refractivity contribution in [3.63, 3.8) is 0 Å². The van der Waals surface area contributed by atoms with Gasteiger partial charge in [0.15, 0.2) is 0 Å². The molecule has 3 rings (SSSR count). The number of para-hydroxylation sites is 1. The van der Waals surface area contributed by atoms with Crippen molar-refractivity contribution in [3.05, 3.63) is 83.8 Å². The Morgan fingerprint density at radius 1 is 1.09 bits per heavy atom. The van der Waals surface area contributed by atoms with E-state index in [1.54, 1.807) is 54.4 Å². The monoisotopic (exact) mass is 483 g/mol. The average Bonchev–Trinajstić information content (AvgIpc) is 2.87. The molecule has 2 aromatic carbocycles. The van der Waals surface area contributed by atoms with E-state index in [0.717, 1.165) is 5.56 Å². The molecule has 0 saturated carbocycles. The number of thioether (sulfide) groups is 1. The van der Waals surface area contributed by atoms with Crippen molar-refractivity contribution in [2.75, 3.05) is 19.1 Å². The molecule has 0 radical (unpaired) electrons. The standard InChI is InChI=1S/C25H26FN3O4S/c1-32-22-6-4-3-5-20(22)24(30)29-21(13-14-34-2)25(31)28-16-17-7-12-23(27-15-17)33-19-10-8-18(26)9-11-19/h3-12,15,21H,13-14,16H2,1-2H3,(H,28,31)(H,29,30). The van der Waals surface area contributed by atoms with Crippen LogP contribution in [0.3, 0.4) is 0 Å². The zero-order valence-corrected chi connectivity index (χ0v) is 19.7. The van der Waals surface area contributed by atoms with Gasteiger partial charge in [-0.05, 0) is 60.4 Å². The van der Waals surface area contributed by atoms with Gasteiger partial charge in [0.25, 0.3) is 5.91 Å². The Morgan fingerprint density at radius 2 is 1.85 bits per heavy atom. The zero-order valence-electron chi connectivity index (χ0n) is 18.9. The first-order chi connectivity index (χ1) is 16.5. The predicted octanol–water partition coefficient (Wildman–Crippen LogP) is 4.19. The van der Waals surface area contributed by atoms with Crippen LogP contribution in [0.5, 0.6) is 17.4 Å². The number of carbonyl (C=O) groups excluding carboxylic acids is 2. The molecule has 1 aromatic heterocycles. The maximum Gasteiger partial charge on any atom is 0.255 e. The van der Waals surface area contributed by atoms with E-state index in [2.05, 4.69) is 15.6 Å². The number of methoxy groups -OCH3 is 1. The van der Waals surface area contributed by atoms with Gasteiger partial charge in [-0.15, -0.1) is 0 Å². The second kappa shape index (κ2) is 12.6. The molecule has 0 aliphatic carbocycles. The minimum atomic E-state index is -0.695. The fourth-order valence-corrected chi connectivity index (χ4v) is 3.56. The highest BCUT2D eigenvalue weighted by atomic mass is 32.2. The predicted molar refractivity (Wildman–Crippen MR) is 130 cm³/mol. The van der Waals surface area contributed by atoms with E-state index in [9.17, 15) is 14.0 Å². The lowest BCUT2D eigenvalue weighted by atomic mass is 10.1. The molecule has 0 saturated heterocycles. The first-order valence-electron chi connectivity index (χ1n) is 10.6. The Kier molecular flexibility index (Phi) is 9.28. The summed E-state index contributed by atoms with van der Waals surface area (Å²) in [5.74, 6) is 0.966. The third-order valence-corrected chi connectivity index (χ3v) is 5.53. The minimum Gasteiger partial charge on any atom is -0.496 e. The van der Waals surface area contributed by atoms with Crippen LogP contribution in [0.25, 0.3) is 0 Å². The number of hydrogen-bond donors (Lipinski definition) is 2. The molecule has 2 N–H and O–H groups in total. The summed E-state index contributed by atoms with van der Waals surface area (Å²) in [6.07, 6.45) is 4.01. The van der Waals surface area contributed by atoms with Gasteiger partial charge in [0.2, 0.25) is 11.8 Å². The number of hydrogen-bond acceptors (Lipinski definition) is 6. The Labute approximate surface area is 202 Å². The first-order valence-corrected chi connectivity index (χ1v) is 12.0. The summed E-state index contributed by atoms with van der Waals surface area (Å²) in [7, 11) is 1.49. The molecular weight excluding hydrogens is 457 g/mol. The van der Waals surface area contributed by atoms with E-state index in [1.807, 2.05) is 6.26 Å². The Balaban J connectivity index is 1.58. The normalized spacial score (nSPS) is 11.4. The Bertz CT molecular complexity index is 1090. The van der Waals surface area contributed by atoms with Crippen molar-refractivity contribution in [2.24, 2.45) is 0 Å². The second-order valence-electron chi connectivity index (χ2n) is 7.29. The summed E-state index contributed by atoms with van der Waals surface area (Å²) in [5.41, 5.74) is 1.13. The smallest absolute Gasteiger partial charge is 0.255 e. The highest BCUT2D eigenvalue weighted by molar-refractivity contribution is 7.98. The summed E-state index contributed by atoms with van der Waals surface area (Å²) < 4.78 is 23.8. The van der Waals surface area contributed by atoms with E-state index >= 15 is 0 Å². The second-order valence-corrected chi connectivity index (χ2v) is 8.27. The molecule has 3 aromatic rings. The van der Waals surface area contributed by atoms with Gasteiger partial charge in [-0.1, -0.05) is 18.2 Å². The fraction of sp³-hybridized carbons (Fsp3) is 0.240. The van der Waals surface area contributed by atoms with Gasteiger partial charge in [0, 0.05) is 18.8 Å². The van der Waals surface area contributed by atoms with Crippen molar-refractivity contribution < 1.29 is 23.5 Å². The number of rotatable bonds is 11. The van der Waals surface area contributed by atoms with Crippen LogP contribution < -0.4 is 20.1 Å². The lowest BCUT2D eigenvalue weighted by Gasteiger charge is -2.19. The van der Waals surface area contributed by atoms with Gasteiger partial charge in [-0.2, -0.15) is 11.8 Å². The van der Waals surface area contributed by atoms with Crippen LogP contribution in [-0.2, 0) is 11.3 Å². The summed E-state index contributed by atoms with van der Waals surface area (Å²) in [4.78, 5) is 29.8. The maximum atomic E-state index is 13.0. The van der Waals surface area contributed by atoms with Gasteiger partial charge in [0.1, 0.15) is 23.4 Å². The van der Waals surface area contributed by atoms with E-state index in [1.165, 1.54) is 31.4 Å². The topological polar surface area (TPSA) is 89.5 Å². The third kappa shape index (κ3) is 7.21. The highest BCUT2D eigenvalue weighted by Crippen LogP contribution is 2.20. The quantitative estimate of drug-likeness (QED) is 0.425. The number of ether oxygens (including phenoxy) is 2. The minimum absolute atomic E-state index is 0.239. The van der Waals surface area contributed by atoms with Crippen LogP contribution in [0.1, 0.15) is 22.3 Å². The number of benzene rings is 2. The molecule has 2 amide bonds. The summed E-state index contributed by atoms with van der Waals surface area (Å²) in [6.45, 7) is 0.239. The van der Waals surface area contributed by atoms with Crippen molar-refractivity contribution >= 4 is 23.6 Å². The number of nitrogens with one attached hydrogen (secondary N) is 2. The Morgan fingerprint density at radius 3 is 2.53 bits per heavy atom. The maximum absolute atomic E-state index is 13.0. The van der Waals surface area contributed by atoms with Crippen LogP contribution in [0, 0.1) is 5.82 Å². The number of nitrogens with zero attached hydrogens (tertiary/aromatic N) is 1. The van der Waals surface area contributed by atoms with Crippen LogP contribution in [0.15, 0.2) is 66.9 Å². The number of aromatic nitrogens is 1. The molecule has 1 atom stereocenters. The van der Waals surface area contributed by atoms with Gasteiger partial charge in [-0.3, -0.25) is 9.59 Å². The molecule has 1 unspecified atom stereocenters. The number of pyridine rings is 1. The lowest BCUT2D eigenvalue weighted by Crippen LogP contribution is -2.47.